The molecule has 0 aliphatic rings. The maximum Gasteiger partial charge on any atom is 0.490 e. The number of rotatable bonds is 3. The molecule has 0 aromatic heterocycles. The number of carboxylic acid groups (broad SMARTS) is 1. The Hall–Kier alpha value is -0.820. The van der Waals surface area contributed by atoms with E-state index in [1.54, 1.807) is 0 Å². The molecule has 0 fully saturated rings. The SMILES string of the molecule is CCN(CC)CC.CO.O=C(O)C(F)(F)F. The molecule has 0 aromatic rings. The largest absolute Gasteiger partial charge is 0.490 e. The summed E-state index contributed by atoms with van der Waals surface area (Å²) in [5, 5.41) is 14.1. The lowest BCUT2D eigenvalue weighted by Crippen LogP contribution is -2.21. The first kappa shape index (κ1) is 20.6. The van der Waals surface area contributed by atoms with E-state index in [0.717, 1.165) is 7.11 Å². The van der Waals surface area contributed by atoms with Crippen molar-refractivity contribution in [3.8, 4) is 0 Å². The summed E-state index contributed by atoms with van der Waals surface area (Å²) in [7, 11) is 1.00. The van der Waals surface area contributed by atoms with Crippen molar-refractivity contribution >= 4 is 5.97 Å². The van der Waals surface area contributed by atoms with Gasteiger partial charge < -0.3 is 15.1 Å². The van der Waals surface area contributed by atoms with Gasteiger partial charge in [0.15, 0.2) is 0 Å². The molecule has 100 valence electrons. The molecule has 0 aliphatic carbocycles. The van der Waals surface area contributed by atoms with Gasteiger partial charge in [-0.05, 0) is 19.6 Å². The Balaban J connectivity index is -0.000000183. The van der Waals surface area contributed by atoms with Gasteiger partial charge in [0.2, 0.25) is 0 Å². The average Bonchev–Trinajstić information content (AvgIpc) is 2.23. The lowest BCUT2D eigenvalue weighted by Gasteiger charge is -2.13. The first-order valence-electron chi connectivity index (χ1n) is 4.76. The van der Waals surface area contributed by atoms with Crippen molar-refractivity contribution in [2.75, 3.05) is 26.7 Å². The van der Waals surface area contributed by atoms with E-state index in [2.05, 4.69) is 25.7 Å². The lowest BCUT2D eigenvalue weighted by molar-refractivity contribution is -0.192. The number of hydrogen-bond donors (Lipinski definition) is 2. The zero-order valence-electron chi connectivity index (χ0n) is 10.0. The monoisotopic (exact) mass is 247 g/mol. The molecule has 0 saturated carbocycles. The van der Waals surface area contributed by atoms with E-state index in [1.165, 1.54) is 19.6 Å². The maximum absolute atomic E-state index is 10.6. The van der Waals surface area contributed by atoms with Crippen LogP contribution >= 0.6 is 0 Å². The van der Waals surface area contributed by atoms with E-state index < -0.39 is 12.1 Å². The summed E-state index contributed by atoms with van der Waals surface area (Å²) in [5.74, 6) is -2.76. The molecule has 4 nitrogen and oxygen atoms in total. The smallest absolute Gasteiger partial charge is 0.475 e. The maximum atomic E-state index is 10.6. The number of carboxylic acids is 1. The van der Waals surface area contributed by atoms with E-state index in [-0.39, 0.29) is 0 Å². The number of aliphatic carboxylic acids is 1. The molecule has 0 spiro atoms. The molecule has 0 aliphatic heterocycles. The molecule has 0 aromatic carbocycles. The fourth-order valence-electron chi connectivity index (χ4n) is 0.671. The number of aliphatic hydroxyl groups excluding tert-OH is 1. The van der Waals surface area contributed by atoms with Crippen LogP contribution in [0.15, 0.2) is 0 Å². The van der Waals surface area contributed by atoms with E-state index in [9.17, 15) is 13.2 Å². The highest BCUT2D eigenvalue weighted by molar-refractivity contribution is 5.73. The van der Waals surface area contributed by atoms with Crippen LogP contribution in [-0.2, 0) is 4.79 Å². The van der Waals surface area contributed by atoms with Crippen LogP contribution in [0.3, 0.4) is 0 Å². The Kier molecular flexibility index (Phi) is 15.8. The van der Waals surface area contributed by atoms with Gasteiger partial charge in [-0.15, -0.1) is 0 Å². The van der Waals surface area contributed by atoms with Gasteiger partial charge in [0.05, 0.1) is 0 Å². The van der Waals surface area contributed by atoms with Crippen LogP contribution < -0.4 is 0 Å². The Morgan fingerprint density at radius 2 is 1.25 bits per heavy atom. The van der Waals surface area contributed by atoms with Gasteiger partial charge in [-0.2, -0.15) is 13.2 Å². The van der Waals surface area contributed by atoms with Crippen molar-refractivity contribution < 1.29 is 28.2 Å². The van der Waals surface area contributed by atoms with Gasteiger partial charge in [0.25, 0.3) is 0 Å². The molecule has 0 radical (unpaired) electrons. The molecule has 16 heavy (non-hydrogen) atoms. The van der Waals surface area contributed by atoms with Gasteiger partial charge in [-0.3, -0.25) is 0 Å². The molecule has 0 bridgehead atoms. The third kappa shape index (κ3) is 15.6. The minimum Gasteiger partial charge on any atom is -0.475 e. The second-order valence-corrected chi connectivity index (χ2v) is 2.42. The third-order valence-corrected chi connectivity index (χ3v) is 1.58. The number of nitrogens with zero attached hydrogens (tertiary/aromatic N) is 1. The van der Waals surface area contributed by atoms with Crippen LogP contribution in [0.1, 0.15) is 20.8 Å². The van der Waals surface area contributed by atoms with E-state index in [1.807, 2.05) is 0 Å². The van der Waals surface area contributed by atoms with Crippen LogP contribution in [0.2, 0.25) is 0 Å². The number of aliphatic hydroxyl groups is 1. The van der Waals surface area contributed by atoms with Gasteiger partial charge in [-0.1, -0.05) is 20.8 Å². The van der Waals surface area contributed by atoms with Crippen molar-refractivity contribution in [1.82, 2.24) is 4.90 Å². The normalized spacial score (nSPS) is 9.81. The summed E-state index contributed by atoms with van der Waals surface area (Å²) >= 11 is 0. The van der Waals surface area contributed by atoms with Gasteiger partial charge in [0, 0.05) is 7.11 Å². The Morgan fingerprint density at radius 1 is 1.06 bits per heavy atom. The van der Waals surface area contributed by atoms with Crippen LogP contribution in [0.4, 0.5) is 13.2 Å². The molecular formula is C9H20F3NO3. The summed E-state index contributed by atoms with van der Waals surface area (Å²) in [4.78, 5) is 11.3. The predicted octanol–water partition coefficient (Wildman–Crippen LogP) is 1.59. The van der Waals surface area contributed by atoms with Gasteiger partial charge in [0.1, 0.15) is 0 Å². The zero-order valence-corrected chi connectivity index (χ0v) is 10.0. The summed E-state index contributed by atoms with van der Waals surface area (Å²) in [6.07, 6.45) is -5.08. The molecule has 7 heteroatoms. The van der Waals surface area contributed by atoms with Crippen LogP contribution in [0, 0.1) is 0 Å². The fourth-order valence-corrected chi connectivity index (χ4v) is 0.671. The topological polar surface area (TPSA) is 60.8 Å². The molecular weight excluding hydrogens is 227 g/mol. The first-order valence-corrected chi connectivity index (χ1v) is 4.76. The third-order valence-electron chi connectivity index (χ3n) is 1.58. The number of carbonyl (C=O) groups is 1. The number of hydrogen-bond acceptors (Lipinski definition) is 3. The standard InChI is InChI=1S/C6H15N.C2HF3O2.CH4O/c1-4-7(5-2)6-3;3-2(4,5)1(6)7;1-2/h4-6H2,1-3H3;(H,6,7);2H,1H3. The van der Waals surface area contributed by atoms with Crippen molar-refractivity contribution in [1.29, 1.82) is 0 Å². The number of halogens is 3. The summed E-state index contributed by atoms with van der Waals surface area (Å²) in [5.41, 5.74) is 0. The lowest BCUT2D eigenvalue weighted by atomic mass is 10.5. The van der Waals surface area contributed by atoms with E-state index >= 15 is 0 Å². The second-order valence-electron chi connectivity index (χ2n) is 2.42. The minimum absolute atomic E-state index is 1.00. The molecule has 0 unspecified atom stereocenters. The summed E-state index contributed by atoms with van der Waals surface area (Å²) in [6.45, 7) is 10.1. The molecule has 0 atom stereocenters. The Bertz CT molecular complexity index is 153. The van der Waals surface area contributed by atoms with E-state index in [4.69, 9.17) is 15.0 Å². The molecule has 0 heterocycles. The first-order chi connectivity index (χ1) is 7.29. The Morgan fingerprint density at radius 3 is 1.25 bits per heavy atom. The summed E-state index contributed by atoms with van der Waals surface area (Å²) in [6, 6.07) is 0. The second kappa shape index (κ2) is 12.3. The summed E-state index contributed by atoms with van der Waals surface area (Å²) < 4.78 is 31.7. The van der Waals surface area contributed by atoms with Crippen LogP contribution in [0.25, 0.3) is 0 Å². The minimum atomic E-state index is -5.08. The van der Waals surface area contributed by atoms with Gasteiger partial charge >= 0.3 is 12.1 Å². The molecule has 0 saturated heterocycles. The average molecular weight is 247 g/mol. The van der Waals surface area contributed by atoms with Crippen LogP contribution in [-0.4, -0.2) is 54.0 Å². The quantitative estimate of drug-likeness (QED) is 0.795. The van der Waals surface area contributed by atoms with Crippen molar-refractivity contribution in [3.63, 3.8) is 0 Å². The number of alkyl halides is 3. The highest BCUT2D eigenvalue weighted by Crippen LogP contribution is 2.13. The van der Waals surface area contributed by atoms with Crippen molar-refractivity contribution in [3.05, 3.63) is 0 Å². The van der Waals surface area contributed by atoms with Crippen molar-refractivity contribution in [2.45, 2.75) is 26.9 Å². The van der Waals surface area contributed by atoms with Gasteiger partial charge in [-0.25, -0.2) is 4.79 Å². The predicted molar refractivity (Wildman–Crippen MR) is 55.3 cm³/mol. The molecule has 0 amide bonds. The Labute approximate surface area is 93.7 Å². The highest BCUT2D eigenvalue weighted by Gasteiger charge is 2.38. The fraction of sp³-hybridized carbons (Fsp3) is 0.889. The molecule has 0 rings (SSSR count). The highest BCUT2D eigenvalue weighted by atomic mass is 19.4. The molecule has 2 N–H and O–H groups in total. The zero-order chi connectivity index (χ0) is 13.8. The van der Waals surface area contributed by atoms with E-state index in [0.29, 0.717) is 0 Å². The van der Waals surface area contributed by atoms with Crippen LogP contribution in [0.5, 0.6) is 0 Å². The van der Waals surface area contributed by atoms with Crippen molar-refractivity contribution in [2.24, 2.45) is 0 Å².